The molecule has 1 N–H and O–H groups in total. The minimum atomic E-state index is 0.441. The Morgan fingerprint density at radius 3 is 2.52 bits per heavy atom. The fraction of sp³-hybridized carbons (Fsp3) is 0.368. The van der Waals surface area contributed by atoms with E-state index in [1.807, 2.05) is 0 Å². The maximum Gasteiger partial charge on any atom is 0.0323 e. The number of hydrogen-bond donors (Lipinski definition) is 1. The van der Waals surface area contributed by atoms with Crippen molar-refractivity contribution in [1.82, 2.24) is 5.32 Å². The summed E-state index contributed by atoms with van der Waals surface area (Å²) in [6, 6.07) is 17.7. The predicted molar refractivity (Wildman–Crippen MR) is 94.7 cm³/mol. The van der Waals surface area contributed by atoms with Crippen molar-refractivity contribution >= 4 is 15.9 Å². The number of rotatable bonds is 7. The quantitative estimate of drug-likeness (QED) is 0.705. The van der Waals surface area contributed by atoms with E-state index in [4.69, 9.17) is 0 Å². The van der Waals surface area contributed by atoms with Gasteiger partial charge in [-0.3, -0.25) is 0 Å². The first-order valence-corrected chi connectivity index (χ1v) is 8.54. The van der Waals surface area contributed by atoms with Crippen LogP contribution in [0.5, 0.6) is 0 Å². The molecule has 0 radical (unpaired) electrons. The Balaban J connectivity index is 2.00. The van der Waals surface area contributed by atoms with Crippen LogP contribution in [0.15, 0.2) is 53.0 Å². The van der Waals surface area contributed by atoms with Crippen molar-refractivity contribution in [2.45, 2.75) is 39.2 Å². The van der Waals surface area contributed by atoms with Gasteiger partial charge in [-0.25, -0.2) is 0 Å². The normalized spacial score (nSPS) is 12.3. The third-order valence-electron chi connectivity index (χ3n) is 3.94. The maximum absolute atomic E-state index is 3.64. The zero-order valence-corrected chi connectivity index (χ0v) is 14.5. The first-order valence-electron chi connectivity index (χ1n) is 7.74. The van der Waals surface area contributed by atoms with E-state index < -0.39 is 0 Å². The van der Waals surface area contributed by atoms with Gasteiger partial charge in [-0.1, -0.05) is 65.3 Å². The molecule has 2 heteroatoms. The van der Waals surface area contributed by atoms with Gasteiger partial charge in [-0.05, 0) is 55.5 Å². The van der Waals surface area contributed by atoms with E-state index in [0.29, 0.717) is 6.04 Å². The van der Waals surface area contributed by atoms with Crippen molar-refractivity contribution in [2.24, 2.45) is 0 Å². The second-order valence-electron chi connectivity index (χ2n) is 5.44. The van der Waals surface area contributed by atoms with Crippen LogP contribution in [0.1, 0.15) is 42.5 Å². The van der Waals surface area contributed by atoms with E-state index in [1.54, 1.807) is 0 Å². The number of hydrogen-bond acceptors (Lipinski definition) is 1. The van der Waals surface area contributed by atoms with Gasteiger partial charge in [0, 0.05) is 10.5 Å². The number of halogens is 1. The number of nitrogens with one attached hydrogen (secondary N) is 1. The van der Waals surface area contributed by atoms with Crippen LogP contribution in [0, 0.1) is 6.92 Å². The summed E-state index contributed by atoms with van der Waals surface area (Å²) in [5, 5.41) is 3.63. The van der Waals surface area contributed by atoms with Crippen LogP contribution in [0.4, 0.5) is 0 Å². The minimum absolute atomic E-state index is 0.441. The highest BCUT2D eigenvalue weighted by Crippen LogP contribution is 2.27. The lowest BCUT2D eigenvalue weighted by Crippen LogP contribution is -2.22. The highest BCUT2D eigenvalue weighted by atomic mass is 79.9. The molecule has 2 aromatic carbocycles. The van der Waals surface area contributed by atoms with Crippen molar-refractivity contribution in [3.63, 3.8) is 0 Å². The van der Waals surface area contributed by atoms with Crippen LogP contribution in [-0.4, -0.2) is 6.54 Å². The van der Waals surface area contributed by atoms with Crippen molar-refractivity contribution in [1.29, 1.82) is 0 Å². The van der Waals surface area contributed by atoms with Crippen LogP contribution >= 0.6 is 15.9 Å². The second kappa shape index (κ2) is 8.35. The molecule has 2 rings (SSSR count). The minimum Gasteiger partial charge on any atom is -0.310 e. The molecule has 0 aliphatic carbocycles. The summed E-state index contributed by atoms with van der Waals surface area (Å²) in [6.07, 6.45) is 3.52. The van der Waals surface area contributed by atoms with Gasteiger partial charge in [0.2, 0.25) is 0 Å². The van der Waals surface area contributed by atoms with Crippen molar-refractivity contribution in [3.8, 4) is 0 Å². The van der Waals surface area contributed by atoms with Crippen molar-refractivity contribution in [2.75, 3.05) is 6.54 Å². The zero-order valence-electron chi connectivity index (χ0n) is 12.9. The molecule has 0 bridgehead atoms. The Morgan fingerprint density at radius 1 is 1.05 bits per heavy atom. The second-order valence-corrected chi connectivity index (χ2v) is 6.30. The highest BCUT2D eigenvalue weighted by molar-refractivity contribution is 9.10. The van der Waals surface area contributed by atoms with Gasteiger partial charge in [-0.2, -0.15) is 0 Å². The summed E-state index contributed by atoms with van der Waals surface area (Å²) >= 11 is 3.64. The molecule has 0 spiro atoms. The molecule has 0 saturated heterocycles. The molecule has 0 aromatic heterocycles. The van der Waals surface area contributed by atoms with Crippen LogP contribution in [-0.2, 0) is 6.42 Å². The van der Waals surface area contributed by atoms with Gasteiger partial charge in [0.25, 0.3) is 0 Å². The molecule has 0 heterocycles. The summed E-state index contributed by atoms with van der Waals surface area (Å²) in [7, 11) is 0. The molecule has 0 amide bonds. The summed E-state index contributed by atoms with van der Waals surface area (Å²) in [6.45, 7) is 5.38. The van der Waals surface area contributed by atoms with Crippen molar-refractivity contribution < 1.29 is 0 Å². The molecule has 0 aliphatic rings. The first kappa shape index (κ1) is 16.3. The predicted octanol–water partition coefficient (Wildman–Crippen LogP) is 5.43. The molecular formula is C19H24BrN. The summed E-state index contributed by atoms with van der Waals surface area (Å²) in [4.78, 5) is 0. The van der Waals surface area contributed by atoms with Gasteiger partial charge >= 0.3 is 0 Å². The zero-order chi connectivity index (χ0) is 15.1. The lowest BCUT2D eigenvalue weighted by atomic mass is 9.95. The van der Waals surface area contributed by atoms with E-state index in [9.17, 15) is 0 Å². The lowest BCUT2D eigenvalue weighted by molar-refractivity contribution is 0.496. The summed E-state index contributed by atoms with van der Waals surface area (Å²) in [5.41, 5.74) is 4.20. The topological polar surface area (TPSA) is 12.0 Å². The molecule has 1 nitrogen and oxygen atoms in total. The van der Waals surface area contributed by atoms with E-state index in [1.165, 1.54) is 34.0 Å². The van der Waals surface area contributed by atoms with Crippen LogP contribution in [0.2, 0.25) is 0 Å². The molecule has 21 heavy (non-hydrogen) atoms. The molecule has 1 atom stereocenters. The fourth-order valence-corrected chi connectivity index (χ4v) is 3.15. The third kappa shape index (κ3) is 4.69. The molecule has 0 saturated carbocycles. The molecule has 1 unspecified atom stereocenters. The SMILES string of the molecule is CCNC(CCCc1ccccc1)c1cccc(Br)c1C. The van der Waals surface area contributed by atoms with Gasteiger partial charge in [0.15, 0.2) is 0 Å². The standard InChI is InChI=1S/C19H24BrN/c1-3-21-19(17-12-8-13-18(20)15(17)2)14-7-11-16-9-5-4-6-10-16/h4-6,8-10,12-13,19,21H,3,7,11,14H2,1-2H3. The van der Waals surface area contributed by atoms with E-state index in [-0.39, 0.29) is 0 Å². The average Bonchev–Trinajstić information content (AvgIpc) is 2.50. The number of aryl methyl sites for hydroxylation is 1. The molecule has 112 valence electrons. The van der Waals surface area contributed by atoms with Crippen LogP contribution in [0.25, 0.3) is 0 Å². The Morgan fingerprint density at radius 2 is 1.81 bits per heavy atom. The highest BCUT2D eigenvalue weighted by Gasteiger charge is 2.13. The van der Waals surface area contributed by atoms with Crippen molar-refractivity contribution in [3.05, 3.63) is 69.7 Å². The van der Waals surface area contributed by atoms with Crippen LogP contribution < -0.4 is 5.32 Å². The van der Waals surface area contributed by atoms with E-state index in [0.717, 1.165) is 13.0 Å². The van der Waals surface area contributed by atoms with Gasteiger partial charge in [0.05, 0.1) is 0 Å². The Hall–Kier alpha value is -1.12. The smallest absolute Gasteiger partial charge is 0.0323 e. The van der Waals surface area contributed by atoms with Gasteiger partial charge in [0.1, 0.15) is 0 Å². The average molecular weight is 346 g/mol. The third-order valence-corrected chi connectivity index (χ3v) is 4.80. The van der Waals surface area contributed by atoms with E-state index in [2.05, 4.69) is 83.6 Å². The molecule has 0 aliphatic heterocycles. The fourth-order valence-electron chi connectivity index (χ4n) is 2.77. The Bertz CT molecular complexity index is 551. The Kier molecular flexibility index (Phi) is 6.47. The van der Waals surface area contributed by atoms with Gasteiger partial charge < -0.3 is 5.32 Å². The summed E-state index contributed by atoms with van der Waals surface area (Å²) < 4.78 is 1.20. The first-order chi connectivity index (χ1) is 10.2. The monoisotopic (exact) mass is 345 g/mol. The maximum atomic E-state index is 3.64. The molecule has 0 fully saturated rings. The number of benzene rings is 2. The molecule has 2 aromatic rings. The molecular weight excluding hydrogens is 322 g/mol. The van der Waals surface area contributed by atoms with E-state index >= 15 is 0 Å². The largest absolute Gasteiger partial charge is 0.310 e. The Labute approximate surface area is 136 Å². The van der Waals surface area contributed by atoms with Crippen LogP contribution in [0.3, 0.4) is 0 Å². The summed E-state index contributed by atoms with van der Waals surface area (Å²) in [5.74, 6) is 0. The van der Waals surface area contributed by atoms with Gasteiger partial charge in [-0.15, -0.1) is 0 Å². The lowest BCUT2D eigenvalue weighted by Gasteiger charge is -2.21.